The van der Waals surface area contributed by atoms with Crippen molar-refractivity contribution in [1.29, 1.82) is 0 Å². The quantitative estimate of drug-likeness (QED) is 0.794. The van der Waals surface area contributed by atoms with Gasteiger partial charge in [0.05, 0.1) is 12.7 Å². The van der Waals surface area contributed by atoms with E-state index in [0.717, 1.165) is 30.3 Å². The molecule has 0 saturated carbocycles. The van der Waals surface area contributed by atoms with Gasteiger partial charge in [-0.25, -0.2) is 0 Å². The van der Waals surface area contributed by atoms with E-state index < -0.39 is 0 Å². The van der Waals surface area contributed by atoms with Crippen LogP contribution in [0, 0.1) is 13.8 Å². The fraction of sp³-hybridized carbons (Fsp3) is 0.500. The van der Waals surface area contributed by atoms with E-state index in [-0.39, 0.29) is 6.10 Å². The molecule has 0 aliphatic carbocycles. The second-order valence-electron chi connectivity index (χ2n) is 3.97. The summed E-state index contributed by atoms with van der Waals surface area (Å²) in [7, 11) is 0. The number of nitrogens with one attached hydrogen (secondary N) is 1. The van der Waals surface area contributed by atoms with E-state index in [1.165, 1.54) is 11.1 Å². The minimum absolute atomic E-state index is 0.150. The molecule has 0 aromatic heterocycles. The molecule has 0 radical (unpaired) electrons. The molecule has 1 N–H and O–H groups in total. The van der Waals surface area contributed by atoms with E-state index in [9.17, 15) is 0 Å². The van der Waals surface area contributed by atoms with Gasteiger partial charge in [0.1, 0.15) is 0 Å². The smallest absolute Gasteiger partial charge is 0.0955 e. The fourth-order valence-corrected chi connectivity index (χ4v) is 2.25. The van der Waals surface area contributed by atoms with Crippen LogP contribution in [0.4, 0.5) is 0 Å². The third-order valence-corrected chi connectivity index (χ3v) is 3.33. The molecule has 1 aliphatic heterocycles. The Morgan fingerprint density at radius 2 is 2.20 bits per heavy atom. The van der Waals surface area contributed by atoms with Crippen molar-refractivity contribution in [3.8, 4) is 0 Å². The van der Waals surface area contributed by atoms with Crippen molar-refractivity contribution in [1.82, 2.24) is 5.32 Å². The highest BCUT2D eigenvalue weighted by Gasteiger charge is 2.20. The molecular formula is C12H16ClNO. The first kappa shape index (κ1) is 10.9. The Morgan fingerprint density at radius 3 is 2.87 bits per heavy atom. The van der Waals surface area contributed by atoms with Gasteiger partial charge < -0.3 is 10.1 Å². The predicted molar refractivity (Wildman–Crippen MR) is 62.5 cm³/mol. The van der Waals surface area contributed by atoms with Gasteiger partial charge in [0.25, 0.3) is 0 Å². The van der Waals surface area contributed by atoms with Crippen molar-refractivity contribution < 1.29 is 4.74 Å². The van der Waals surface area contributed by atoms with Crippen molar-refractivity contribution in [3.05, 3.63) is 33.8 Å². The van der Waals surface area contributed by atoms with Crippen LogP contribution in [-0.4, -0.2) is 19.7 Å². The number of morpholine rings is 1. The molecule has 2 rings (SSSR count). The van der Waals surface area contributed by atoms with Crippen LogP contribution in [0.5, 0.6) is 0 Å². The maximum absolute atomic E-state index is 6.13. The van der Waals surface area contributed by atoms with Crippen LogP contribution in [0.1, 0.15) is 22.8 Å². The molecule has 1 atom stereocenters. The van der Waals surface area contributed by atoms with Gasteiger partial charge in [-0.15, -0.1) is 0 Å². The van der Waals surface area contributed by atoms with Gasteiger partial charge in [0.2, 0.25) is 0 Å². The Bertz CT molecular complexity index is 359. The summed E-state index contributed by atoms with van der Waals surface area (Å²) in [6.07, 6.45) is 0.150. The van der Waals surface area contributed by atoms with Gasteiger partial charge in [-0.05, 0) is 36.6 Å². The van der Waals surface area contributed by atoms with Crippen LogP contribution in [-0.2, 0) is 4.74 Å². The number of hydrogen-bond donors (Lipinski definition) is 1. The topological polar surface area (TPSA) is 21.3 Å². The van der Waals surface area contributed by atoms with Gasteiger partial charge in [-0.1, -0.05) is 17.7 Å². The molecule has 1 aromatic rings. The molecule has 2 nitrogen and oxygen atoms in total. The van der Waals surface area contributed by atoms with Crippen LogP contribution < -0.4 is 5.32 Å². The fourth-order valence-electron chi connectivity index (χ4n) is 2.08. The molecule has 1 saturated heterocycles. The molecule has 1 fully saturated rings. The first-order valence-corrected chi connectivity index (χ1v) is 5.66. The van der Waals surface area contributed by atoms with Crippen LogP contribution >= 0.6 is 11.6 Å². The summed E-state index contributed by atoms with van der Waals surface area (Å²) in [5, 5.41) is 4.16. The Labute approximate surface area is 95.6 Å². The third-order valence-electron chi connectivity index (χ3n) is 2.92. The Hall–Kier alpha value is -0.570. The van der Waals surface area contributed by atoms with E-state index in [2.05, 4.69) is 25.2 Å². The van der Waals surface area contributed by atoms with Gasteiger partial charge in [-0.2, -0.15) is 0 Å². The molecule has 15 heavy (non-hydrogen) atoms. The first-order chi connectivity index (χ1) is 7.20. The SMILES string of the molecule is Cc1ccc(Cl)c(C)c1C1CNCCO1. The first-order valence-electron chi connectivity index (χ1n) is 5.28. The molecule has 1 aliphatic rings. The van der Waals surface area contributed by atoms with E-state index in [4.69, 9.17) is 16.3 Å². The van der Waals surface area contributed by atoms with Crippen molar-refractivity contribution in [2.24, 2.45) is 0 Å². The highest BCUT2D eigenvalue weighted by atomic mass is 35.5. The number of hydrogen-bond acceptors (Lipinski definition) is 2. The molecule has 1 aromatic carbocycles. The molecule has 0 amide bonds. The number of rotatable bonds is 1. The average molecular weight is 226 g/mol. The predicted octanol–water partition coefficient (Wildman–Crippen LogP) is 2.62. The molecule has 82 valence electrons. The van der Waals surface area contributed by atoms with E-state index in [1.54, 1.807) is 0 Å². The molecule has 0 spiro atoms. The van der Waals surface area contributed by atoms with Crippen molar-refractivity contribution in [3.63, 3.8) is 0 Å². The number of halogens is 1. The molecule has 1 heterocycles. The van der Waals surface area contributed by atoms with E-state index in [1.807, 2.05) is 6.07 Å². The normalized spacial score (nSPS) is 21.7. The largest absolute Gasteiger partial charge is 0.371 e. The van der Waals surface area contributed by atoms with Crippen LogP contribution in [0.2, 0.25) is 5.02 Å². The second kappa shape index (κ2) is 4.52. The molecule has 0 bridgehead atoms. The lowest BCUT2D eigenvalue weighted by Gasteiger charge is -2.27. The minimum Gasteiger partial charge on any atom is -0.371 e. The Morgan fingerprint density at radius 1 is 1.40 bits per heavy atom. The van der Waals surface area contributed by atoms with Gasteiger partial charge in [0, 0.05) is 18.1 Å². The van der Waals surface area contributed by atoms with Crippen LogP contribution in [0.25, 0.3) is 0 Å². The van der Waals surface area contributed by atoms with Crippen LogP contribution in [0.3, 0.4) is 0 Å². The van der Waals surface area contributed by atoms with Gasteiger partial charge in [0.15, 0.2) is 0 Å². The zero-order chi connectivity index (χ0) is 10.8. The standard InChI is InChI=1S/C12H16ClNO/c1-8-3-4-10(13)9(2)12(8)11-7-14-5-6-15-11/h3-4,11,14H,5-7H2,1-2H3. The zero-order valence-electron chi connectivity index (χ0n) is 9.14. The van der Waals surface area contributed by atoms with E-state index >= 15 is 0 Å². The molecular weight excluding hydrogens is 210 g/mol. The summed E-state index contributed by atoms with van der Waals surface area (Å²) in [4.78, 5) is 0. The molecule has 1 unspecified atom stereocenters. The molecule has 3 heteroatoms. The van der Waals surface area contributed by atoms with Crippen LogP contribution in [0.15, 0.2) is 12.1 Å². The lowest BCUT2D eigenvalue weighted by molar-refractivity contribution is 0.0269. The average Bonchev–Trinajstić information content (AvgIpc) is 2.26. The van der Waals surface area contributed by atoms with Gasteiger partial charge >= 0.3 is 0 Å². The lowest BCUT2D eigenvalue weighted by atomic mass is 9.97. The van der Waals surface area contributed by atoms with Crippen molar-refractivity contribution >= 4 is 11.6 Å². The maximum Gasteiger partial charge on any atom is 0.0955 e. The Balaban J connectivity index is 2.36. The zero-order valence-corrected chi connectivity index (χ0v) is 9.90. The summed E-state index contributed by atoms with van der Waals surface area (Å²) in [5.74, 6) is 0. The third kappa shape index (κ3) is 2.17. The monoisotopic (exact) mass is 225 g/mol. The van der Waals surface area contributed by atoms with E-state index in [0.29, 0.717) is 0 Å². The number of aryl methyl sites for hydroxylation is 1. The Kier molecular flexibility index (Phi) is 3.29. The summed E-state index contributed by atoms with van der Waals surface area (Å²) in [6.45, 7) is 6.76. The second-order valence-corrected chi connectivity index (χ2v) is 4.37. The van der Waals surface area contributed by atoms with Crippen molar-refractivity contribution in [2.75, 3.05) is 19.7 Å². The maximum atomic E-state index is 6.13. The summed E-state index contributed by atoms with van der Waals surface area (Å²) >= 11 is 6.13. The summed E-state index contributed by atoms with van der Waals surface area (Å²) in [6, 6.07) is 4.01. The lowest BCUT2D eigenvalue weighted by Crippen LogP contribution is -2.34. The minimum atomic E-state index is 0.150. The highest BCUT2D eigenvalue weighted by molar-refractivity contribution is 6.31. The van der Waals surface area contributed by atoms with Crippen molar-refractivity contribution in [2.45, 2.75) is 20.0 Å². The number of ether oxygens (including phenoxy) is 1. The highest BCUT2D eigenvalue weighted by Crippen LogP contribution is 2.30. The van der Waals surface area contributed by atoms with Gasteiger partial charge in [-0.3, -0.25) is 0 Å². The summed E-state index contributed by atoms with van der Waals surface area (Å²) < 4.78 is 5.76. The summed E-state index contributed by atoms with van der Waals surface area (Å²) in [5.41, 5.74) is 3.64. The number of benzene rings is 1.